The number of amides is 1. The van der Waals surface area contributed by atoms with Gasteiger partial charge in [0.15, 0.2) is 5.43 Å². The van der Waals surface area contributed by atoms with Crippen molar-refractivity contribution in [3.05, 3.63) is 68.5 Å². The number of H-pyrrole nitrogens is 1. The van der Waals surface area contributed by atoms with Crippen LogP contribution in [-0.2, 0) is 6.54 Å². The molecule has 0 aliphatic carbocycles. The monoisotopic (exact) mass is 320 g/mol. The van der Waals surface area contributed by atoms with Crippen molar-refractivity contribution in [2.45, 2.75) is 6.54 Å². The third-order valence-corrected chi connectivity index (χ3v) is 3.20. The van der Waals surface area contributed by atoms with E-state index in [0.717, 1.165) is 10.0 Å². The van der Waals surface area contributed by atoms with Crippen LogP contribution in [0.25, 0.3) is 0 Å². The number of pyridine rings is 1. The van der Waals surface area contributed by atoms with Crippen LogP contribution in [0.5, 0.6) is 0 Å². The van der Waals surface area contributed by atoms with Crippen molar-refractivity contribution >= 4 is 21.8 Å². The molecule has 0 spiro atoms. The molecule has 0 aliphatic rings. The number of aromatic nitrogens is 1. The standard InChI is InChI=1S/C14H13BrN2O2/c1-17(9-10-3-2-4-11(15)7-10)14(19)12-8-16-6-5-13(12)18/h2-8H,9H2,1H3,(H,16,18). The van der Waals surface area contributed by atoms with Crippen LogP contribution < -0.4 is 5.43 Å². The Labute approximate surface area is 119 Å². The highest BCUT2D eigenvalue weighted by Crippen LogP contribution is 2.13. The molecule has 0 aliphatic heterocycles. The van der Waals surface area contributed by atoms with Crippen LogP contribution in [0, 0.1) is 0 Å². The van der Waals surface area contributed by atoms with Crippen molar-refractivity contribution in [2.75, 3.05) is 7.05 Å². The molecule has 1 amide bonds. The van der Waals surface area contributed by atoms with Crippen LogP contribution in [0.2, 0.25) is 0 Å². The second kappa shape index (κ2) is 5.84. The summed E-state index contributed by atoms with van der Waals surface area (Å²) in [5, 5.41) is 0. The van der Waals surface area contributed by atoms with Crippen LogP contribution in [-0.4, -0.2) is 22.8 Å². The van der Waals surface area contributed by atoms with E-state index in [0.29, 0.717) is 6.54 Å². The number of nitrogens with one attached hydrogen (secondary N) is 1. The topological polar surface area (TPSA) is 53.2 Å². The largest absolute Gasteiger partial charge is 0.367 e. The third kappa shape index (κ3) is 3.32. The number of halogens is 1. The highest BCUT2D eigenvalue weighted by atomic mass is 79.9. The number of carbonyl (C=O) groups excluding carboxylic acids is 1. The maximum absolute atomic E-state index is 12.1. The van der Waals surface area contributed by atoms with Gasteiger partial charge in [0, 0.05) is 36.5 Å². The Morgan fingerprint density at radius 3 is 2.84 bits per heavy atom. The molecule has 0 radical (unpaired) electrons. The van der Waals surface area contributed by atoms with Gasteiger partial charge in [0.1, 0.15) is 5.56 Å². The predicted octanol–water partition coefficient (Wildman–Crippen LogP) is 2.41. The zero-order valence-corrected chi connectivity index (χ0v) is 12.0. The Kier molecular flexibility index (Phi) is 4.16. The van der Waals surface area contributed by atoms with Crippen molar-refractivity contribution in [1.82, 2.24) is 9.88 Å². The van der Waals surface area contributed by atoms with E-state index < -0.39 is 0 Å². The Balaban J connectivity index is 2.17. The molecule has 4 nitrogen and oxygen atoms in total. The molecule has 1 aromatic heterocycles. The molecule has 0 unspecified atom stereocenters. The molecule has 19 heavy (non-hydrogen) atoms. The minimum atomic E-state index is -0.290. The van der Waals surface area contributed by atoms with E-state index in [-0.39, 0.29) is 16.9 Å². The minimum Gasteiger partial charge on any atom is -0.367 e. The first-order chi connectivity index (χ1) is 9.08. The van der Waals surface area contributed by atoms with Gasteiger partial charge in [0.2, 0.25) is 0 Å². The summed E-state index contributed by atoms with van der Waals surface area (Å²) >= 11 is 3.39. The van der Waals surface area contributed by atoms with Crippen LogP contribution in [0.3, 0.4) is 0 Å². The fourth-order valence-electron chi connectivity index (χ4n) is 1.77. The first-order valence-electron chi connectivity index (χ1n) is 5.75. The van der Waals surface area contributed by atoms with E-state index in [1.165, 1.54) is 23.4 Å². The van der Waals surface area contributed by atoms with E-state index in [4.69, 9.17) is 0 Å². The van der Waals surface area contributed by atoms with Gasteiger partial charge in [-0.25, -0.2) is 0 Å². The molecule has 2 rings (SSSR count). The lowest BCUT2D eigenvalue weighted by molar-refractivity contribution is 0.0783. The fraction of sp³-hybridized carbons (Fsp3) is 0.143. The minimum absolute atomic E-state index is 0.153. The summed E-state index contributed by atoms with van der Waals surface area (Å²) in [6.45, 7) is 0.451. The summed E-state index contributed by atoms with van der Waals surface area (Å²) in [5.41, 5.74) is 0.877. The number of rotatable bonds is 3. The molecular weight excluding hydrogens is 308 g/mol. The van der Waals surface area contributed by atoms with Gasteiger partial charge in [-0.2, -0.15) is 0 Å². The molecule has 2 aromatic rings. The van der Waals surface area contributed by atoms with Gasteiger partial charge in [-0.3, -0.25) is 9.59 Å². The van der Waals surface area contributed by atoms with Gasteiger partial charge in [0.25, 0.3) is 5.91 Å². The Bertz CT molecular complexity index is 652. The zero-order chi connectivity index (χ0) is 13.8. The molecule has 0 atom stereocenters. The van der Waals surface area contributed by atoms with Crippen molar-refractivity contribution < 1.29 is 4.79 Å². The van der Waals surface area contributed by atoms with Crippen molar-refractivity contribution in [3.8, 4) is 0 Å². The number of benzene rings is 1. The van der Waals surface area contributed by atoms with Crippen LogP contribution in [0.1, 0.15) is 15.9 Å². The summed E-state index contributed by atoms with van der Waals surface area (Å²) in [7, 11) is 1.68. The third-order valence-electron chi connectivity index (χ3n) is 2.71. The summed E-state index contributed by atoms with van der Waals surface area (Å²) < 4.78 is 0.961. The van der Waals surface area contributed by atoms with Gasteiger partial charge in [0.05, 0.1) is 0 Å². The first kappa shape index (κ1) is 13.5. The van der Waals surface area contributed by atoms with Crippen LogP contribution in [0.15, 0.2) is 52.0 Å². The molecule has 0 bridgehead atoms. The summed E-state index contributed by atoms with van der Waals surface area (Å²) in [5.74, 6) is -0.290. The van der Waals surface area contributed by atoms with Crippen molar-refractivity contribution in [1.29, 1.82) is 0 Å². The normalized spacial score (nSPS) is 10.2. The summed E-state index contributed by atoms with van der Waals surface area (Å²) in [6.07, 6.45) is 2.94. The van der Waals surface area contributed by atoms with E-state index >= 15 is 0 Å². The molecule has 0 saturated heterocycles. The molecule has 5 heteroatoms. The van der Waals surface area contributed by atoms with Crippen molar-refractivity contribution in [3.63, 3.8) is 0 Å². The number of aromatic amines is 1. The molecule has 98 valence electrons. The molecule has 1 aromatic carbocycles. The van der Waals surface area contributed by atoms with Gasteiger partial charge >= 0.3 is 0 Å². The molecule has 0 saturated carbocycles. The number of carbonyl (C=O) groups is 1. The molecule has 1 N–H and O–H groups in total. The lowest BCUT2D eigenvalue weighted by atomic mass is 10.2. The van der Waals surface area contributed by atoms with E-state index in [1.54, 1.807) is 7.05 Å². The Morgan fingerprint density at radius 1 is 1.37 bits per heavy atom. The molecule has 1 heterocycles. The number of nitrogens with zero attached hydrogens (tertiary/aromatic N) is 1. The van der Waals surface area contributed by atoms with Crippen LogP contribution in [0.4, 0.5) is 0 Å². The molecule has 0 fully saturated rings. The van der Waals surface area contributed by atoms with Gasteiger partial charge in [-0.15, -0.1) is 0 Å². The van der Waals surface area contributed by atoms with Crippen molar-refractivity contribution in [2.24, 2.45) is 0 Å². The number of hydrogen-bond acceptors (Lipinski definition) is 2. The molecular formula is C14H13BrN2O2. The van der Waals surface area contributed by atoms with E-state index in [9.17, 15) is 9.59 Å². The van der Waals surface area contributed by atoms with E-state index in [1.807, 2.05) is 24.3 Å². The quantitative estimate of drug-likeness (QED) is 0.944. The summed E-state index contributed by atoms with van der Waals surface area (Å²) in [6, 6.07) is 9.06. The lowest BCUT2D eigenvalue weighted by Gasteiger charge is -2.17. The van der Waals surface area contributed by atoms with Crippen LogP contribution >= 0.6 is 15.9 Å². The smallest absolute Gasteiger partial charge is 0.259 e. The maximum atomic E-state index is 12.1. The van der Waals surface area contributed by atoms with E-state index in [2.05, 4.69) is 20.9 Å². The Hall–Kier alpha value is -1.88. The Morgan fingerprint density at radius 2 is 2.16 bits per heavy atom. The second-order valence-electron chi connectivity index (χ2n) is 4.21. The number of hydrogen-bond donors (Lipinski definition) is 1. The lowest BCUT2D eigenvalue weighted by Crippen LogP contribution is -2.30. The SMILES string of the molecule is CN(Cc1cccc(Br)c1)C(=O)c1c[nH]ccc1=O. The first-order valence-corrected chi connectivity index (χ1v) is 6.54. The van der Waals surface area contributed by atoms with Gasteiger partial charge < -0.3 is 9.88 Å². The fourth-order valence-corrected chi connectivity index (χ4v) is 2.22. The maximum Gasteiger partial charge on any atom is 0.259 e. The van der Waals surface area contributed by atoms with Gasteiger partial charge in [-0.1, -0.05) is 28.1 Å². The second-order valence-corrected chi connectivity index (χ2v) is 5.13. The predicted molar refractivity (Wildman–Crippen MR) is 77.0 cm³/mol. The highest BCUT2D eigenvalue weighted by molar-refractivity contribution is 9.10. The summed E-state index contributed by atoms with van der Waals surface area (Å²) in [4.78, 5) is 28.0. The average molecular weight is 321 g/mol. The highest BCUT2D eigenvalue weighted by Gasteiger charge is 2.14. The van der Waals surface area contributed by atoms with Gasteiger partial charge in [-0.05, 0) is 17.7 Å². The zero-order valence-electron chi connectivity index (χ0n) is 10.4. The average Bonchev–Trinajstić information content (AvgIpc) is 2.38.